The highest BCUT2D eigenvalue weighted by molar-refractivity contribution is 7.89. The number of benzene rings is 2. The summed E-state index contributed by atoms with van der Waals surface area (Å²) in [6.07, 6.45) is 3.87. The van der Waals surface area contributed by atoms with Gasteiger partial charge in [0, 0.05) is 11.7 Å². The molecule has 1 aliphatic rings. The Morgan fingerprint density at radius 1 is 1.00 bits per heavy atom. The number of nitrogens with one attached hydrogen (secondary N) is 2. The summed E-state index contributed by atoms with van der Waals surface area (Å²) in [5, 5.41) is 3.07. The second kappa shape index (κ2) is 7.56. The molecule has 5 nitrogen and oxygen atoms in total. The van der Waals surface area contributed by atoms with Crippen LogP contribution in [0.25, 0.3) is 0 Å². The lowest BCUT2D eigenvalue weighted by molar-refractivity contribution is 0.102. The summed E-state index contributed by atoms with van der Waals surface area (Å²) in [5.74, 6) is -0.342. The van der Waals surface area contributed by atoms with Gasteiger partial charge in [0.2, 0.25) is 10.0 Å². The van der Waals surface area contributed by atoms with Gasteiger partial charge >= 0.3 is 0 Å². The third kappa shape index (κ3) is 4.39. The molecule has 0 aromatic heterocycles. The summed E-state index contributed by atoms with van der Waals surface area (Å²) in [5.41, 5.74) is 0.869. The first-order valence-corrected chi connectivity index (χ1v) is 10.00. The zero-order valence-electron chi connectivity index (χ0n) is 13.5. The molecule has 0 spiro atoms. The molecule has 0 bridgehead atoms. The molecule has 7 heteroatoms. The molecule has 2 aromatic rings. The number of carbonyl (C=O) groups is 1. The van der Waals surface area contributed by atoms with Crippen molar-refractivity contribution in [3.05, 3.63) is 59.1 Å². The predicted molar refractivity (Wildman–Crippen MR) is 98.4 cm³/mol. The fourth-order valence-electron chi connectivity index (χ4n) is 2.89. The molecule has 0 unspecified atom stereocenters. The summed E-state index contributed by atoms with van der Waals surface area (Å²) in [6.45, 7) is 0. The Bertz CT molecular complexity index is 860. The van der Waals surface area contributed by atoms with E-state index in [-0.39, 0.29) is 16.8 Å². The van der Waals surface area contributed by atoms with Crippen molar-refractivity contribution in [1.82, 2.24) is 4.72 Å². The molecular formula is C18H19ClN2O3S. The molecule has 2 N–H and O–H groups in total. The van der Waals surface area contributed by atoms with Gasteiger partial charge in [0.05, 0.1) is 15.5 Å². The first-order chi connectivity index (χ1) is 12.0. The van der Waals surface area contributed by atoms with Crippen molar-refractivity contribution in [1.29, 1.82) is 0 Å². The van der Waals surface area contributed by atoms with Gasteiger partial charge in [0.15, 0.2) is 0 Å². The molecule has 1 amide bonds. The molecule has 132 valence electrons. The van der Waals surface area contributed by atoms with Gasteiger partial charge in [-0.1, -0.05) is 36.6 Å². The molecule has 0 aliphatic heterocycles. The molecule has 3 rings (SSSR count). The van der Waals surface area contributed by atoms with Crippen LogP contribution in [0, 0.1) is 0 Å². The summed E-state index contributed by atoms with van der Waals surface area (Å²) in [6, 6.07) is 12.9. The van der Waals surface area contributed by atoms with Gasteiger partial charge in [-0.15, -0.1) is 0 Å². The molecule has 1 fully saturated rings. The summed E-state index contributed by atoms with van der Waals surface area (Å²) >= 11 is 6.00. The van der Waals surface area contributed by atoms with Crippen LogP contribution in [0.1, 0.15) is 36.0 Å². The van der Waals surface area contributed by atoms with E-state index in [0.717, 1.165) is 25.7 Å². The van der Waals surface area contributed by atoms with Crippen LogP contribution < -0.4 is 10.0 Å². The van der Waals surface area contributed by atoms with Crippen LogP contribution in [0.5, 0.6) is 0 Å². The van der Waals surface area contributed by atoms with E-state index in [1.807, 2.05) is 0 Å². The van der Waals surface area contributed by atoms with E-state index in [9.17, 15) is 13.2 Å². The maximum absolute atomic E-state index is 12.4. The normalized spacial score (nSPS) is 15.2. The SMILES string of the molecule is O=C(Nc1ccc(S(=O)(=O)NC2CCCC2)cc1)c1ccccc1Cl. The molecule has 2 aromatic carbocycles. The van der Waals surface area contributed by atoms with Crippen LogP contribution >= 0.6 is 11.6 Å². The zero-order valence-corrected chi connectivity index (χ0v) is 15.1. The third-order valence-electron chi connectivity index (χ3n) is 4.22. The van der Waals surface area contributed by atoms with Crippen molar-refractivity contribution >= 4 is 33.2 Å². The zero-order chi connectivity index (χ0) is 17.9. The van der Waals surface area contributed by atoms with E-state index in [2.05, 4.69) is 10.0 Å². The molecule has 0 radical (unpaired) electrons. The van der Waals surface area contributed by atoms with E-state index < -0.39 is 10.0 Å². The lowest BCUT2D eigenvalue weighted by Gasteiger charge is -2.13. The largest absolute Gasteiger partial charge is 0.322 e. The number of halogens is 1. The fourth-order valence-corrected chi connectivity index (χ4v) is 4.42. The molecule has 0 heterocycles. The monoisotopic (exact) mass is 378 g/mol. The Labute approximate surface area is 152 Å². The Balaban J connectivity index is 1.69. The van der Waals surface area contributed by atoms with Gasteiger partial charge in [0.25, 0.3) is 5.91 Å². The average molecular weight is 379 g/mol. The van der Waals surface area contributed by atoms with E-state index in [0.29, 0.717) is 16.3 Å². The Morgan fingerprint density at radius 2 is 1.64 bits per heavy atom. The van der Waals surface area contributed by atoms with Crippen LogP contribution in [0.3, 0.4) is 0 Å². The van der Waals surface area contributed by atoms with Crippen LogP contribution in [-0.2, 0) is 10.0 Å². The summed E-state index contributed by atoms with van der Waals surface area (Å²) < 4.78 is 27.5. The molecule has 0 atom stereocenters. The molecule has 1 saturated carbocycles. The van der Waals surface area contributed by atoms with Crippen LogP contribution in [0.4, 0.5) is 5.69 Å². The van der Waals surface area contributed by atoms with Crippen molar-refractivity contribution in [2.75, 3.05) is 5.32 Å². The lowest BCUT2D eigenvalue weighted by Crippen LogP contribution is -2.32. The smallest absolute Gasteiger partial charge is 0.257 e. The van der Waals surface area contributed by atoms with Crippen molar-refractivity contribution in [3.8, 4) is 0 Å². The van der Waals surface area contributed by atoms with E-state index in [4.69, 9.17) is 11.6 Å². The Morgan fingerprint density at radius 3 is 2.28 bits per heavy atom. The van der Waals surface area contributed by atoms with Gasteiger partial charge in [-0.25, -0.2) is 13.1 Å². The first-order valence-electron chi connectivity index (χ1n) is 8.14. The Kier molecular flexibility index (Phi) is 5.42. The van der Waals surface area contributed by atoms with Crippen molar-refractivity contribution in [3.63, 3.8) is 0 Å². The van der Waals surface area contributed by atoms with Gasteiger partial charge < -0.3 is 5.32 Å². The minimum absolute atomic E-state index is 0.0181. The summed E-state index contributed by atoms with van der Waals surface area (Å²) in [7, 11) is -3.53. The number of amides is 1. The maximum Gasteiger partial charge on any atom is 0.257 e. The van der Waals surface area contributed by atoms with Gasteiger partial charge in [-0.2, -0.15) is 0 Å². The quantitative estimate of drug-likeness (QED) is 0.830. The average Bonchev–Trinajstić information content (AvgIpc) is 3.08. The van der Waals surface area contributed by atoms with Crippen molar-refractivity contribution in [2.24, 2.45) is 0 Å². The topological polar surface area (TPSA) is 75.3 Å². The van der Waals surface area contributed by atoms with Gasteiger partial charge in [-0.3, -0.25) is 4.79 Å². The Hall–Kier alpha value is -1.89. The van der Waals surface area contributed by atoms with Crippen molar-refractivity contribution < 1.29 is 13.2 Å². The molecular weight excluding hydrogens is 360 g/mol. The first kappa shape index (κ1) is 17.9. The predicted octanol–water partition coefficient (Wildman–Crippen LogP) is 3.81. The fraction of sp³-hybridized carbons (Fsp3) is 0.278. The third-order valence-corrected chi connectivity index (χ3v) is 6.08. The minimum Gasteiger partial charge on any atom is -0.322 e. The highest BCUT2D eigenvalue weighted by Crippen LogP contribution is 2.22. The van der Waals surface area contributed by atoms with E-state index in [1.54, 1.807) is 36.4 Å². The van der Waals surface area contributed by atoms with Crippen LogP contribution in [-0.4, -0.2) is 20.4 Å². The van der Waals surface area contributed by atoms with Crippen molar-refractivity contribution in [2.45, 2.75) is 36.6 Å². The highest BCUT2D eigenvalue weighted by atomic mass is 35.5. The molecule has 25 heavy (non-hydrogen) atoms. The number of carbonyl (C=O) groups excluding carboxylic acids is 1. The lowest BCUT2D eigenvalue weighted by atomic mass is 10.2. The second-order valence-corrected chi connectivity index (χ2v) is 8.18. The second-order valence-electron chi connectivity index (χ2n) is 6.06. The molecule has 1 aliphatic carbocycles. The number of rotatable bonds is 5. The number of anilines is 1. The van der Waals surface area contributed by atoms with Gasteiger partial charge in [0.1, 0.15) is 0 Å². The minimum atomic E-state index is -3.53. The van der Waals surface area contributed by atoms with Crippen LogP contribution in [0.2, 0.25) is 5.02 Å². The maximum atomic E-state index is 12.4. The van der Waals surface area contributed by atoms with E-state index >= 15 is 0 Å². The molecule has 0 saturated heterocycles. The standard InChI is InChI=1S/C18H19ClN2O3S/c19-17-8-4-3-7-16(17)18(22)20-13-9-11-15(12-10-13)25(23,24)21-14-5-1-2-6-14/h3-4,7-12,14,21H,1-2,5-6H2,(H,20,22). The van der Waals surface area contributed by atoms with Crippen LogP contribution in [0.15, 0.2) is 53.4 Å². The highest BCUT2D eigenvalue weighted by Gasteiger charge is 2.22. The van der Waals surface area contributed by atoms with E-state index in [1.165, 1.54) is 12.1 Å². The number of hydrogen-bond donors (Lipinski definition) is 2. The summed E-state index contributed by atoms with van der Waals surface area (Å²) in [4.78, 5) is 12.4. The number of sulfonamides is 1. The number of hydrogen-bond acceptors (Lipinski definition) is 3. The van der Waals surface area contributed by atoms with Gasteiger partial charge in [-0.05, 0) is 49.2 Å².